The molecule has 0 radical (unpaired) electrons. The Morgan fingerprint density at radius 2 is 2.14 bits per heavy atom. The molecule has 2 aliphatic heterocycles. The van der Waals surface area contributed by atoms with Crippen molar-refractivity contribution in [3.05, 3.63) is 35.4 Å². The fourth-order valence-electron chi connectivity index (χ4n) is 3.16. The third-order valence-electron chi connectivity index (χ3n) is 4.23. The second kappa shape index (κ2) is 5.85. The van der Waals surface area contributed by atoms with E-state index in [9.17, 15) is 9.59 Å². The van der Waals surface area contributed by atoms with E-state index in [0.717, 1.165) is 24.0 Å². The molecule has 1 amide bonds. The Hall–Kier alpha value is -1.88. The maximum atomic E-state index is 12.8. The number of carbonyl (C=O) groups excluding carboxylic acids is 2. The second-order valence-electron chi connectivity index (χ2n) is 5.41. The molecule has 3 rings (SSSR count). The summed E-state index contributed by atoms with van der Waals surface area (Å²) in [7, 11) is 1.36. The van der Waals surface area contributed by atoms with Crippen LogP contribution in [0.2, 0.25) is 0 Å². The lowest BCUT2D eigenvalue weighted by atomic mass is 9.96. The molecule has 0 aliphatic carbocycles. The summed E-state index contributed by atoms with van der Waals surface area (Å²) in [6.07, 6.45) is 1.70. The number of hydrogen-bond acceptors (Lipinski definition) is 4. The Bertz CT molecular complexity index is 557. The number of fused-ring (bicyclic) bond motifs is 1. The minimum Gasteiger partial charge on any atom is -0.467 e. The lowest BCUT2D eigenvalue weighted by Crippen LogP contribution is -2.44. The first-order chi connectivity index (χ1) is 10.2. The van der Waals surface area contributed by atoms with Crippen LogP contribution in [0, 0.1) is 0 Å². The SMILES string of the molecule is COC(=O)C1CCCN1C(=O)C1OCCc2ccccc21. The monoisotopic (exact) mass is 289 g/mol. The van der Waals surface area contributed by atoms with E-state index in [1.807, 2.05) is 24.3 Å². The van der Waals surface area contributed by atoms with E-state index >= 15 is 0 Å². The van der Waals surface area contributed by atoms with Crippen molar-refractivity contribution in [1.82, 2.24) is 4.90 Å². The minimum absolute atomic E-state index is 0.130. The van der Waals surface area contributed by atoms with Gasteiger partial charge in [0.1, 0.15) is 6.04 Å². The highest BCUT2D eigenvalue weighted by atomic mass is 16.5. The molecule has 1 fully saturated rings. The molecule has 1 saturated heterocycles. The molecule has 2 unspecified atom stereocenters. The average Bonchev–Trinajstić information content (AvgIpc) is 3.02. The van der Waals surface area contributed by atoms with Gasteiger partial charge >= 0.3 is 5.97 Å². The van der Waals surface area contributed by atoms with Crippen LogP contribution in [0.15, 0.2) is 24.3 Å². The molecular weight excluding hydrogens is 270 g/mol. The first-order valence-electron chi connectivity index (χ1n) is 7.30. The number of hydrogen-bond donors (Lipinski definition) is 0. The standard InChI is InChI=1S/C16H19NO4/c1-20-16(19)13-7-4-9-17(13)15(18)14-12-6-3-2-5-11(12)8-10-21-14/h2-3,5-6,13-14H,4,7-10H2,1H3. The normalized spacial score (nSPS) is 24.5. The lowest BCUT2D eigenvalue weighted by molar-refractivity contribution is -0.156. The van der Waals surface area contributed by atoms with E-state index in [2.05, 4.69) is 0 Å². The van der Waals surface area contributed by atoms with Gasteiger partial charge in [-0.1, -0.05) is 24.3 Å². The number of benzene rings is 1. The third kappa shape index (κ3) is 2.53. The molecule has 21 heavy (non-hydrogen) atoms. The molecule has 2 aliphatic rings. The maximum absolute atomic E-state index is 12.8. The predicted octanol–water partition coefficient (Wildman–Crippen LogP) is 1.46. The second-order valence-corrected chi connectivity index (χ2v) is 5.41. The Labute approximate surface area is 123 Å². The summed E-state index contributed by atoms with van der Waals surface area (Å²) < 4.78 is 10.5. The first kappa shape index (κ1) is 14.1. The molecule has 0 spiro atoms. The summed E-state index contributed by atoms with van der Waals surface area (Å²) in [5.74, 6) is -0.472. The van der Waals surface area contributed by atoms with E-state index in [1.54, 1.807) is 4.90 Å². The number of ether oxygens (including phenoxy) is 2. The van der Waals surface area contributed by atoms with Gasteiger partial charge in [-0.25, -0.2) is 4.79 Å². The first-order valence-corrected chi connectivity index (χ1v) is 7.30. The summed E-state index contributed by atoms with van der Waals surface area (Å²) in [5, 5.41) is 0. The van der Waals surface area contributed by atoms with Gasteiger partial charge in [0.25, 0.3) is 5.91 Å². The highest BCUT2D eigenvalue weighted by Crippen LogP contribution is 2.31. The van der Waals surface area contributed by atoms with E-state index in [4.69, 9.17) is 9.47 Å². The lowest BCUT2D eigenvalue weighted by Gasteiger charge is -2.31. The van der Waals surface area contributed by atoms with Crippen LogP contribution >= 0.6 is 0 Å². The molecule has 2 heterocycles. The van der Waals surface area contributed by atoms with Crippen molar-refractivity contribution in [2.24, 2.45) is 0 Å². The molecule has 0 N–H and O–H groups in total. The smallest absolute Gasteiger partial charge is 0.328 e. The highest BCUT2D eigenvalue weighted by Gasteiger charge is 2.39. The van der Waals surface area contributed by atoms with Crippen LogP contribution in [-0.4, -0.2) is 43.1 Å². The fraction of sp³-hybridized carbons (Fsp3) is 0.500. The molecule has 2 atom stereocenters. The van der Waals surface area contributed by atoms with E-state index in [-0.39, 0.29) is 11.9 Å². The highest BCUT2D eigenvalue weighted by molar-refractivity contribution is 5.88. The van der Waals surface area contributed by atoms with E-state index in [0.29, 0.717) is 19.6 Å². The number of methoxy groups -OCH3 is 1. The number of likely N-dealkylation sites (tertiary alicyclic amines) is 1. The van der Waals surface area contributed by atoms with Crippen LogP contribution < -0.4 is 0 Å². The van der Waals surface area contributed by atoms with Gasteiger partial charge in [-0.15, -0.1) is 0 Å². The number of amides is 1. The molecule has 1 aromatic rings. The fourth-order valence-corrected chi connectivity index (χ4v) is 3.16. The molecule has 5 nitrogen and oxygen atoms in total. The van der Waals surface area contributed by atoms with Crippen LogP contribution in [0.4, 0.5) is 0 Å². The molecule has 112 valence electrons. The number of carbonyl (C=O) groups is 2. The summed E-state index contributed by atoms with van der Waals surface area (Å²) in [5.41, 5.74) is 2.07. The van der Waals surface area contributed by atoms with E-state index < -0.39 is 12.1 Å². The van der Waals surface area contributed by atoms with Crippen molar-refractivity contribution in [3.63, 3.8) is 0 Å². The Kier molecular flexibility index (Phi) is 3.92. The van der Waals surface area contributed by atoms with Gasteiger partial charge in [0.2, 0.25) is 0 Å². The van der Waals surface area contributed by atoms with Crippen molar-refractivity contribution in [2.45, 2.75) is 31.4 Å². The van der Waals surface area contributed by atoms with Crippen LogP contribution in [0.25, 0.3) is 0 Å². The largest absolute Gasteiger partial charge is 0.467 e. The van der Waals surface area contributed by atoms with Crippen molar-refractivity contribution < 1.29 is 19.1 Å². The van der Waals surface area contributed by atoms with E-state index in [1.165, 1.54) is 7.11 Å². The third-order valence-corrected chi connectivity index (χ3v) is 4.23. The van der Waals surface area contributed by atoms with Crippen molar-refractivity contribution in [3.8, 4) is 0 Å². The molecule has 0 aromatic heterocycles. The summed E-state index contributed by atoms with van der Waals surface area (Å²) in [4.78, 5) is 26.2. The Morgan fingerprint density at radius 1 is 1.33 bits per heavy atom. The maximum Gasteiger partial charge on any atom is 0.328 e. The Balaban J connectivity index is 1.84. The zero-order valence-corrected chi connectivity index (χ0v) is 12.1. The van der Waals surface area contributed by atoms with Gasteiger partial charge in [0.15, 0.2) is 6.10 Å². The zero-order valence-electron chi connectivity index (χ0n) is 12.1. The van der Waals surface area contributed by atoms with Crippen LogP contribution in [0.5, 0.6) is 0 Å². The van der Waals surface area contributed by atoms with Crippen LogP contribution in [0.1, 0.15) is 30.1 Å². The van der Waals surface area contributed by atoms with Gasteiger partial charge in [-0.3, -0.25) is 4.79 Å². The quantitative estimate of drug-likeness (QED) is 0.774. The number of esters is 1. The summed E-state index contributed by atoms with van der Waals surface area (Å²) in [6, 6.07) is 7.37. The molecule has 1 aromatic carbocycles. The number of rotatable bonds is 2. The van der Waals surface area contributed by atoms with Crippen LogP contribution in [0.3, 0.4) is 0 Å². The van der Waals surface area contributed by atoms with Gasteiger partial charge in [0.05, 0.1) is 13.7 Å². The van der Waals surface area contributed by atoms with Crippen molar-refractivity contribution >= 4 is 11.9 Å². The number of nitrogens with zero attached hydrogens (tertiary/aromatic N) is 1. The topological polar surface area (TPSA) is 55.8 Å². The summed E-state index contributed by atoms with van der Waals surface area (Å²) >= 11 is 0. The average molecular weight is 289 g/mol. The van der Waals surface area contributed by atoms with Gasteiger partial charge in [-0.05, 0) is 30.4 Å². The molecule has 5 heteroatoms. The predicted molar refractivity (Wildman–Crippen MR) is 75.6 cm³/mol. The van der Waals surface area contributed by atoms with Crippen molar-refractivity contribution in [2.75, 3.05) is 20.3 Å². The van der Waals surface area contributed by atoms with Gasteiger partial charge < -0.3 is 14.4 Å². The Morgan fingerprint density at radius 3 is 2.95 bits per heavy atom. The minimum atomic E-state index is -0.597. The van der Waals surface area contributed by atoms with Crippen LogP contribution in [-0.2, 0) is 25.5 Å². The molecule has 0 saturated carbocycles. The van der Waals surface area contributed by atoms with Gasteiger partial charge in [-0.2, -0.15) is 0 Å². The van der Waals surface area contributed by atoms with Crippen molar-refractivity contribution in [1.29, 1.82) is 0 Å². The van der Waals surface area contributed by atoms with Gasteiger partial charge in [0, 0.05) is 6.54 Å². The zero-order chi connectivity index (χ0) is 14.8. The molecule has 0 bridgehead atoms. The molecular formula is C16H19NO4. The summed E-state index contributed by atoms with van der Waals surface area (Å²) in [6.45, 7) is 1.12.